The second kappa shape index (κ2) is 9.70. The van der Waals surface area contributed by atoms with Gasteiger partial charge in [0.1, 0.15) is 5.75 Å². The van der Waals surface area contributed by atoms with Gasteiger partial charge in [-0.05, 0) is 41.3 Å². The van der Waals surface area contributed by atoms with Crippen LogP contribution >= 0.6 is 11.6 Å². The van der Waals surface area contributed by atoms with Crippen LogP contribution in [0.5, 0.6) is 5.75 Å². The van der Waals surface area contributed by atoms with E-state index in [1.807, 2.05) is 48.5 Å². The molecule has 1 N–H and O–H groups in total. The van der Waals surface area contributed by atoms with Crippen molar-refractivity contribution in [2.45, 2.75) is 33.0 Å². The first-order chi connectivity index (χ1) is 15.5. The number of amides is 1. The average Bonchev–Trinajstić information content (AvgIpc) is 3.44. The van der Waals surface area contributed by atoms with Crippen LogP contribution in [0.4, 0.5) is 5.69 Å². The van der Waals surface area contributed by atoms with Gasteiger partial charge in [-0.25, -0.2) is 4.68 Å². The minimum Gasteiger partial charge on any atom is -0.471 e. The van der Waals surface area contributed by atoms with Crippen molar-refractivity contribution in [1.82, 2.24) is 19.6 Å². The Morgan fingerprint density at radius 2 is 1.88 bits per heavy atom. The van der Waals surface area contributed by atoms with E-state index in [4.69, 9.17) is 16.3 Å². The zero-order valence-electron chi connectivity index (χ0n) is 17.9. The summed E-state index contributed by atoms with van der Waals surface area (Å²) in [7, 11) is 0. The van der Waals surface area contributed by atoms with E-state index in [1.165, 1.54) is 5.56 Å². The molecule has 1 amide bonds. The lowest BCUT2D eigenvalue weighted by atomic mass is 10.0. The van der Waals surface area contributed by atoms with Gasteiger partial charge < -0.3 is 10.1 Å². The molecule has 0 saturated carbocycles. The van der Waals surface area contributed by atoms with Crippen LogP contribution in [0.1, 0.15) is 41.4 Å². The van der Waals surface area contributed by atoms with Gasteiger partial charge in [0.15, 0.2) is 12.4 Å². The maximum Gasteiger partial charge on any atom is 0.276 e. The largest absolute Gasteiger partial charge is 0.471 e. The third-order valence-corrected chi connectivity index (χ3v) is 5.33. The maximum absolute atomic E-state index is 12.5. The number of nitrogens with one attached hydrogen (secondary N) is 1. The van der Waals surface area contributed by atoms with Crippen LogP contribution in [0, 0.1) is 0 Å². The quantitative estimate of drug-likeness (QED) is 0.401. The molecule has 164 valence electrons. The van der Waals surface area contributed by atoms with E-state index in [1.54, 1.807) is 34.0 Å². The van der Waals surface area contributed by atoms with E-state index in [0.717, 1.165) is 11.3 Å². The number of anilines is 1. The van der Waals surface area contributed by atoms with Gasteiger partial charge in [-0.15, -0.1) is 0 Å². The molecule has 0 saturated heterocycles. The van der Waals surface area contributed by atoms with Crippen molar-refractivity contribution >= 4 is 23.2 Å². The van der Waals surface area contributed by atoms with Crippen molar-refractivity contribution in [2.24, 2.45) is 0 Å². The van der Waals surface area contributed by atoms with Crippen LogP contribution in [0.3, 0.4) is 0 Å². The number of nitrogens with zero attached hydrogens (tertiary/aromatic N) is 4. The van der Waals surface area contributed by atoms with Gasteiger partial charge in [0.25, 0.3) is 5.91 Å². The molecular formula is C24H24ClN5O2. The van der Waals surface area contributed by atoms with E-state index < -0.39 is 0 Å². The van der Waals surface area contributed by atoms with Crippen molar-refractivity contribution in [3.8, 4) is 5.75 Å². The highest BCUT2D eigenvalue weighted by molar-refractivity contribution is 6.31. The smallest absolute Gasteiger partial charge is 0.276 e. The molecule has 0 unspecified atom stereocenters. The SMILES string of the molecule is CC(C)c1ccc(OCn2ccc(C(=O)Nc3cnn(Cc4ccccc4Cl)c3)n2)cc1. The Hall–Kier alpha value is -3.58. The Balaban J connectivity index is 1.32. The standard InChI is InChI=1S/C24H24ClN5O2/c1-17(2)18-7-9-21(10-8-18)32-16-29-12-11-23(28-29)24(31)27-20-13-26-30(15-20)14-19-5-3-4-6-22(19)25/h3-13,15,17H,14,16H2,1-2H3,(H,27,31). The Morgan fingerprint density at radius 3 is 2.62 bits per heavy atom. The van der Waals surface area contributed by atoms with Crippen LogP contribution < -0.4 is 10.1 Å². The molecule has 2 aromatic heterocycles. The molecule has 0 spiro atoms. The summed E-state index contributed by atoms with van der Waals surface area (Å²) in [6.07, 6.45) is 5.05. The molecule has 0 radical (unpaired) electrons. The Labute approximate surface area is 191 Å². The number of hydrogen-bond acceptors (Lipinski definition) is 4. The molecule has 0 aliphatic rings. The second-order valence-corrected chi connectivity index (χ2v) is 8.12. The molecular weight excluding hydrogens is 426 g/mol. The minimum absolute atomic E-state index is 0.212. The summed E-state index contributed by atoms with van der Waals surface area (Å²) in [4.78, 5) is 12.5. The number of rotatable bonds is 8. The van der Waals surface area contributed by atoms with E-state index in [0.29, 0.717) is 28.9 Å². The van der Waals surface area contributed by atoms with Gasteiger partial charge >= 0.3 is 0 Å². The number of carbonyl (C=O) groups excluding carboxylic acids is 1. The van der Waals surface area contributed by atoms with E-state index in [9.17, 15) is 4.79 Å². The minimum atomic E-state index is -0.317. The van der Waals surface area contributed by atoms with Crippen molar-refractivity contribution in [3.63, 3.8) is 0 Å². The molecule has 7 nitrogen and oxygen atoms in total. The van der Waals surface area contributed by atoms with Crippen LogP contribution in [-0.4, -0.2) is 25.5 Å². The third kappa shape index (κ3) is 5.36. The summed E-state index contributed by atoms with van der Waals surface area (Å²) >= 11 is 6.20. The summed E-state index contributed by atoms with van der Waals surface area (Å²) < 4.78 is 9.04. The summed E-state index contributed by atoms with van der Waals surface area (Å²) in [5.74, 6) is 0.906. The normalized spacial score (nSPS) is 11.0. The molecule has 0 bridgehead atoms. The molecule has 4 aromatic rings. The number of ether oxygens (including phenoxy) is 1. The molecule has 32 heavy (non-hydrogen) atoms. The monoisotopic (exact) mass is 449 g/mol. The average molecular weight is 450 g/mol. The predicted molar refractivity (Wildman–Crippen MR) is 124 cm³/mol. The first kappa shape index (κ1) is 21.6. The summed E-state index contributed by atoms with van der Waals surface area (Å²) in [5, 5.41) is 12.1. The van der Waals surface area contributed by atoms with Gasteiger partial charge in [0, 0.05) is 17.4 Å². The highest BCUT2D eigenvalue weighted by atomic mass is 35.5. The summed E-state index contributed by atoms with van der Waals surface area (Å²) in [6, 6.07) is 17.2. The van der Waals surface area contributed by atoms with Gasteiger partial charge in [0.05, 0.1) is 18.4 Å². The first-order valence-corrected chi connectivity index (χ1v) is 10.7. The molecule has 4 rings (SSSR count). The number of hydrogen-bond donors (Lipinski definition) is 1. The summed E-state index contributed by atoms with van der Waals surface area (Å²) in [5.41, 5.74) is 3.08. The highest BCUT2D eigenvalue weighted by Gasteiger charge is 2.12. The third-order valence-electron chi connectivity index (χ3n) is 4.96. The lowest BCUT2D eigenvalue weighted by Gasteiger charge is -2.09. The topological polar surface area (TPSA) is 74.0 Å². The maximum atomic E-state index is 12.5. The van der Waals surface area contributed by atoms with Crippen LogP contribution in [0.25, 0.3) is 0 Å². The van der Waals surface area contributed by atoms with E-state index in [2.05, 4.69) is 29.4 Å². The van der Waals surface area contributed by atoms with Gasteiger partial charge in [-0.2, -0.15) is 10.2 Å². The zero-order chi connectivity index (χ0) is 22.5. The van der Waals surface area contributed by atoms with Crippen LogP contribution in [-0.2, 0) is 13.3 Å². The molecule has 0 aliphatic heterocycles. The van der Waals surface area contributed by atoms with Crippen LogP contribution in [0.2, 0.25) is 5.02 Å². The predicted octanol–water partition coefficient (Wildman–Crippen LogP) is 5.19. The number of halogens is 1. The van der Waals surface area contributed by atoms with E-state index >= 15 is 0 Å². The lowest BCUT2D eigenvalue weighted by Crippen LogP contribution is -2.14. The molecule has 2 heterocycles. The lowest BCUT2D eigenvalue weighted by molar-refractivity contribution is 0.102. The molecule has 0 aliphatic carbocycles. The first-order valence-electron chi connectivity index (χ1n) is 10.3. The van der Waals surface area contributed by atoms with Crippen molar-refractivity contribution in [1.29, 1.82) is 0 Å². The molecule has 0 fully saturated rings. The van der Waals surface area contributed by atoms with E-state index in [-0.39, 0.29) is 12.6 Å². The molecule has 8 heteroatoms. The van der Waals surface area contributed by atoms with Gasteiger partial charge in [-0.1, -0.05) is 55.8 Å². The fraction of sp³-hybridized carbons (Fsp3) is 0.208. The number of aromatic nitrogens is 4. The fourth-order valence-electron chi connectivity index (χ4n) is 3.16. The van der Waals surface area contributed by atoms with Gasteiger partial charge in [-0.3, -0.25) is 9.48 Å². The fourth-order valence-corrected chi connectivity index (χ4v) is 3.35. The Kier molecular flexibility index (Phi) is 6.56. The summed E-state index contributed by atoms with van der Waals surface area (Å²) in [6.45, 7) is 5.02. The second-order valence-electron chi connectivity index (χ2n) is 7.71. The Bertz CT molecular complexity index is 1200. The van der Waals surface area contributed by atoms with Crippen molar-refractivity contribution in [2.75, 3.05) is 5.32 Å². The molecule has 2 aromatic carbocycles. The highest BCUT2D eigenvalue weighted by Crippen LogP contribution is 2.19. The zero-order valence-corrected chi connectivity index (χ0v) is 18.7. The Morgan fingerprint density at radius 1 is 1.09 bits per heavy atom. The number of carbonyl (C=O) groups is 1. The number of benzene rings is 2. The van der Waals surface area contributed by atoms with Crippen molar-refractivity contribution < 1.29 is 9.53 Å². The van der Waals surface area contributed by atoms with Crippen LogP contribution in [0.15, 0.2) is 73.2 Å². The van der Waals surface area contributed by atoms with Gasteiger partial charge in [0.2, 0.25) is 0 Å². The van der Waals surface area contributed by atoms with Crippen molar-refractivity contribution in [3.05, 3.63) is 95.0 Å². The molecule has 0 atom stereocenters.